The van der Waals surface area contributed by atoms with Gasteiger partial charge in [-0.2, -0.15) is 0 Å². The van der Waals surface area contributed by atoms with Crippen LogP contribution in [-0.2, 0) is 0 Å². The fourth-order valence-electron chi connectivity index (χ4n) is 2.93. The van der Waals surface area contributed by atoms with Gasteiger partial charge in [-0.15, -0.1) is 11.3 Å². The van der Waals surface area contributed by atoms with Gasteiger partial charge in [-0.05, 0) is 44.0 Å². The van der Waals surface area contributed by atoms with Gasteiger partial charge in [0.15, 0.2) is 0 Å². The van der Waals surface area contributed by atoms with Crippen LogP contribution in [0.1, 0.15) is 35.2 Å². The third-order valence-electron chi connectivity index (χ3n) is 4.25. The lowest BCUT2D eigenvalue weighted by Gasteiger charge is -2.39. The number of piperidine rings is 1. The van der Waals surface area contributed by atoms with Gasteiger partial charge < -0.3 is 14.4 Å². The van der Waals surface area contributed by atoms with Crippen LogP contribution in [0.4, 0.5) is 0 Å². The van der Waals surface area contributed by atoms with Crippen molar-refractivity contribution in [2.45, 2.75) is 26.7 Å². The molecule has 3 heterocycles. The molecule has 22 heavy (non-hydrogen) atoms. The van der Waals surface area contributed by atoms with Crippen LogP contribution in [0.3, 0.4) is 0 Å². The third kappa shape index (κ3) is 2.96. The summed E-state index contributed by atoms with van der Waals surface area (Å²) in [5, 5.41) is 9.53. The number of carbonyl (C=O) groups excluding carboxylic acids is 1. The largest absolute Gasteiger partial charge is 0.461 e. The van der Waals surface area contributed by atoms with Gasteiger partial charge in [-0.3, -0.25) is 4.79 Å². The molecule has 1 saturated heterocycles. The molecule has 0 aliphatic carbocycles. The van der Waals surface area contributed by atoms with Crippen LogP contribution in [0.2, 0.25) is 0 Å². The number of aryl methyl sites for hydroxylation is 1. The minimum absolute atomic E-state index is 0.0545. The smallest absolute Gasteiger partial charge is 0.263 e. The Kier molecular flexibility index (Phi) is 4.10. The topological polar surface area (TPSA) is 53.7 Å². The van der Waals surface area contributed by atoms with E-state index in [-0.39, 0.29) is 17.9 Å². The van der Waals surface area contributed by atoms with E-state index < -0.39 is 0 Å². The summed E-state index contributed by atoms with van der Waals surface area (Å²) < 4.78 is 5.61. The molecule has 0 bridgehead atoms. The Morgan fingerprint density at radius 2 is 2.23 bits per heavy atom. The van der Waals surface area contributed by atoms with Crippen molar-refractivity contribution in [3.63, 3.8) is 0 Å². The molecule has 1 aliphatic rings. The highest BCUT2D eigenvalue weighted by molar-refractivity contribution is 7.17. The monoisotopic (exact) mass is 319 g/mol. The van der Waals surface area contributed by atoms with E-state index in [1.165, 1.54) is 11.3 Å². The minimum atomic E-state index is -0.174. The predicted octanol–water partition coefficient (Wildman–Crippen LogP) is 3.55. The Hall–Kier alpha value is -1.59. The lowest BCUT2D eigenvalue weighted by Crippen LogP contribution is -2.46. The average Bonchev–Trinajstić information content (AvgIpc) is 3.15. The molecule has 4 nitrogen and oxygen atoms in total. The molecule has 1 N–H and O–H groups in total. The zero-order valence-electron chi connectivity index (χ0n) is 13.0. The van der Waals surface area contributed by atoms with Gasteiger partial charge >= 0.3 is 0 Å². The first kappa shape index (κ1) is 15.3. The summed E-state index contributed by atoms with van der Waals surface area (Å²) >= 11 is 1.46. The van der Waals surface area contributed by atoms with Crippen LogP contribution in [-0.4, -0.2) is 35.6 Å². The maximum atomic E-state index is 12.7. The Morgan fingerprint density at radius 1 is 1.41 bits per heavy atom. The van der Waals surface area contributed by atoms with Crippen molar-refractivity contribution in [3.8, 4) is 10.6 Å². The Bertz CT molecular complexity index is 675. The summed E-state index contributed by atoms with van der Waals surface area (Å²) in [6, 6.07) is 7.66. The third-order valence-corrected chi connectivity index (χ3v) is 5.34. The van der Waals surface area contributed by atoms with E-state index in [1.54, 1.807) is 0 Å². The number of thiophene rings is 1. The number of likely N-dealkylation sites (tertiary alicyclic amines) is 1. The fourth-order valence-corrected chi connectivity index (χ4v) is 3.86. The van der Waals surface area contributed by atoms with Gasteiger partial charge in [-0.25, -0.2) is 0 Å². The van der Waals surface area contributed by atoms with Crippen molar-refractivity contribution >= 4 is 17.2 Å². The second-order valence-electron chi connectivity index (χ2n) is 6.37. The highest BCUT2D eigenvalue weighted by Gasteiger charge is 2.33. The highest BCUT2D eigenvalue weighted by atomic mass is 32.1. The SMILES string of the molecule is Cc1ccc(-c2ccc(C(=O)N3CCC[C@@](C)(CO)C3)s2)o1. The fraction of sp³-hybridized carbons (Fsp3) is 0.471. The van der Waals surface area contributed by atoms with E-state index in [2.05, 4.69) is 0 Å². The van der Waals surface area contributed by atoms with Crippen LogP contribution >= 0.6 is 11.3 Å². The second-order valence-corrected chi connectivity index (χ2v) is 7.46. The van der Waals surface area contributed by atoms with E-state index >= 15 is 0 Å². The Balaban J connectivity index is 1.77. The number of aliphatic hydroxyl groups excluding tert-OH is 1. The lowest BCUT2D eigenvalue weighted by atomic mass is 9.83. The van der Waals surface area contributed by atoms with Gasteiger partial charge in [0.2, 0.25) is 0 Å². The molecule has 2 aromatic rings. The highest BCUT2D eigenvalue weighted by Crippen LogP contribution is 2.33. The summed E-state index contributed by atoms with van der Waals surface area (Å²) in [5.41, 5.74) is -0.174. The standard InChI is InChI=1S/C17H21NO3S/c1-12-4-5-13(21-12)14-6-7-15(22-14)16(20)18-9-3-8-17(2,10-18)11-19/h4-7,19H,3,8-11H2,1-2H3/t17-/m1/s1. The number of hydrogen-bond acceptors (Lipinski definition) is 4. The normalized spacial score (nSPS) is 22.0. The molecule has 0 aromatic carbocycles. The van der Waals surface area contributed by atoms with E-state index in [0.717, 1.165) is 40.7 Å². The minimum Gasteiger partial charge on any atom is -0.461 e. The molecule has 5 heteroatoms. The summed E-state index contributed by atoms with van der Waals surface area (Å²) in [6.45, 7) is 5.46. The quantitative estimate of drug-likeness (QED) is 0.941. The molecule has 118 valence electrons. The maximum absolute atomic E-state index is 12.7. The van der Waals surface area contributed by atoms with Crippen LogP contribution in [0.15, 0.2) is 28.7 Å². The molecule has 1 fully saturated rings. The molecule has 1 atom stereocenters. The second kappa shape index (κ2) is 5.89. The number of furan rings is 1. The first-order valence-corrected chi connectivity index (χ1v) is 8.39. The molecular formula is C17H21NO3S. The zero-order valence-corrected chi connectivity index (χ0v) is 13.8. The molecule has 1 amide bonds. The lowest BCUT2D eigenvalue weighted by molar-refractivity contribution is 0.0361. The predicted molar refractivity (Wildman–Crippen MR) is 87.1 cm³/mol. The maximum Gasteiger partial charge on any atom is 0.263 e. The number of rotatable bonds is 3. The summed E-state index contributed by atoms with van der Waals surface area (Å²) in [5.74, 6) is 1.73. The number of amides is 1. The van der Waals surface area contributed by atoms with Gasteiger partial charge in [-0.1, -0.05) is 6.92 Å². The molecule has 0 spiro atoms. The van der Waals surface area contributed by atoms with Gasteiger partial charge in [0.25, 0.3) is 5.91 Å². The van der Waals surface area contributed by atoms with Crippen LogP contribution in [0.25, 0.3) is 10.6 Å². The van der Waals surface area contributed by atoms with Gasteiger partial charge in [0.05, 0.1) is 16.4 Å². The molecule has 0 radical (unpaired) electrons. The van der Waals surface area contributed by atoms with Crippen molar-refractivity contribution in [1.29, 1.82) is 0 Å². The van der Waals surface area contributed by atoms with E-state index in [9.17, 15) is 9.90 Å². The Morgan fingerprint density at radius 3 is 2.91 bits per heavy atom. The Labute approximate surface area is 134 Å². The van der Waals surface area contributed by atoms with Gasteiger partial charge in [0, 0.05) is 18.5 Å². The molecule has 1 aliphatic heterocycles. The zero-order chi connectivity index (χ0) is 15.7. The molecular weight excluding hydrogens is 298 g/mol. The van der Waals surface area contributed by atoms with Crippen molar-refractivity contribution in [1.82, 2.24) is 4.90 Å². The number of carbonyl (C=O) groups is 1. The number of hydrogen-bond donors (Lipinski definition) is 1. The van der Waals surface area contributed by atoms with Crippen LogP contribution in [0, 0.1) is 12.3 Å². The first-order valence-electron chi connectivity index (χ1n) is 7.57. The van der Waals surface area contributed by atoms with Crippen LogP contribution in [0.5, 0.6) is 0 Å². The van der Waals surface area contributed by atoms with E-state index in [1.807, 2.05) is 43.0 Å². The van der Waals surface area contributed by atoms with Crippen molar-refractivity contribution in [2.75, 3.05) is 19.7 Å². The van der Waals surface area contributed by atoms with Crippen LogP contribution < -0.4 is 0 Å². The number of nitrogens with zero attached hydrogens (tertiary/aromatic N) is 1. The van der Waals surface area contributed by atoms with Crippen molar-refractivity contribution < 1.29 is 14.3 Å². The summed E-state index contributed by atoms with van der Waals surface area (Å²) in [4.78, 5) is 16.2. The van der Waals surface area contributed by atoms with Crippen molar-refractivity contribution in [3.05, 3.63) is 34.9 Å². The van der Waals surface area contributed by atoms with E-state index in [4.69, 9.17) is 4.42 Å². The summed E-state index contributed by atoms with van der Waals surface area (Å²) in [6.07, 6.45) is 1.91. The molecule has 0 saturated carbocycles. The first-order chi connectivity index (χ1) is 10.5. The average molecular weight is 319 g/mol. The molecule has 2 aromatic heterocycles. The van der Waals surface area contributed by atoms with Gasteiger partial charge in [0.1, 0.15) is 11.5 Å². The van der Waals surface area contributed by atoms with Crippen molar-refractivity contribution in [2.24, 2.45) is 5.41 Å². The number of aliphatic hydroxyl groups is 1. The molecule has 0 unspecified atom stereocenters. The summed E-state index contributed by atoms with van der Waals surface area (Å²) in [7, 11) is 0. The molecule has 3 rings (SSSR count). The van der Waals surface area contributed by atoms with E-state index in [0.29, 0.717) is 6.54 Å².